The van der Waals surface area contributed by atoms with E-state index in [0.29, 0.717) is 22.8 Å². The molecule has 0 spiro atoms. The van der Waals surface area contributed by atoms with E-state index in [9.17, 15) is 4.79 Å². The number of carbonyl (C=O) groups excluding carboxylic acids is 1. The van der Waals surface area contributed by atoms with Gasteiger partial charge in [0.2, 0.25) is 6.79 Å². The molecule has 2 aromatic rings. The molecule has 0 saturated carbocycles. The molecular formula is C18H15NO5. The van der Waals surface area contributed by atoms with Crippen molar-refractivity contribution in [3.63, 3.8) is 0 Å². The normalized spacial score (nSPS) is 13.0. The van der Waals surface area contributed by atoms with Gasteiger partial charge in [-0.25, -0.2) is 4.79 Å². The van der Waals surface area contributed by atoms with E-state index in [0.717, 1.165) is 5.56 Å². The van der Waals surface area contributed by atoms with Crippen molar-refractivity contribution >= 4 is 5.97 Å². The van der Waals surface area contributed by atoms with E-state index in [1.807, 2.05) is 12.1 Å². The van der Waals surface area contributed by atoms with Crippen LogP contribution in [0.2, 0.25) is 0 Å². The first kappa shape index (κ1) is 15.7. The topological polar surface area (TPSA) is 77.8 Å². The fraction of sp³-hybridized carbons (Fsp3) is 0.222. The summed E-state index contributed by atoms with van der Waals surface area (Å²) in [5.74, 6) is 1.35. The molecule has 1 aliphatic rings. The smallest absolute Gasteiger partial charge is 0.347 e. The Morgan fingerprint density at radius 3 is 2.71 bits per heavy atom. The lowest BCUT2D eigenvalue weighted by Gasteiger charge is -2.14. The van der Waals surface area contributed by atoms with E-state index in [1.165, 1.54) is 0 Å². The van der Waals surface area contributed by atoms with Gasteiger partial charge >= 0.3 is 5.97 Å². The van der Waals surface area contributed by atoms with Crippen LogP contribution in [0.5, 0.6) is 17.2 Å². The number of ether oxygens (including phenoxy) is 4. The lowest BCUT2D eigenvalue weighted by atomic mass is 10.2. The van der Waals surface area contributed by atoms with Crippen LogP contribution in [-0.2, 0) is 16.1 Å². The number of carbonyl (C=O) groups is 1. The minimum absolute atomic E-state index is 0.122. The highest BCUT2D eigenvalue weighted by Gasteiger charge is 2.18. The number of hydrogen-bond acceptors (Lipinski definition) is 6. The van der Waals surface area contributed by atoms with Gasteiger partial charge in [0, 0.05) is 0 Å². The lowest BCUT2D eigenvalue weighted by Crippen LogP contribution is -2.26. The lowest BCUT2D eigenvalue weighted by molar-refractivity contribution is -0.152. The maximum Gasteiger partial charge on any atom is 0.347 e. The summed E-state index contributed by atoms with van der Waals surface area (Å²) in [6.45, 7) is 1.94. The minimum atomic E-state index is -0.757. The van der Waals surface area contributed by atoms with Gasteiger partial charge < -0.3 is 18.9 Å². The van der Waals surface area contributed by atoms with E-state index in [-0.39, 0.29) is 13.4 Å². The van der Waals surface area contributed by atoms with Crippen LogP contribution >= 0.6 is 0 Å². The van der Waals surface area contributed by atoms with Gasteiger partial charge in [0.15, 0.2) is 17.6 Å². The van der Waals surface area contributed by atoms with Gasteiger partial charge in [-0.2, -0.15) is 5.26 Å². The predicted octanol–water partition coefficient (Wildman–Crippen LogP) is 2.80. The number of hydrogen-bond donors (Lipinski definition) is 0. The molecule has 1 aliphatic heterocycles. The molecule has 6 nitrogen and oxygen atoms in total. The van der Waals surface area contributed by atoms with Gasteiger partial charge in [-0.05, 0) is 48.9 Å². The summed E-state index contributed by atoms with van der Waals surface area (Å²) in [5, 5.41) is 8.75. The first-order valence-electron chi connectivity index (χ1n) is 7.37. The maximum atomic E-state index is 12.0. The maximum absolute atomic E-state index is 12.0. The number of esters is 1. The number of benzene rings is 2. The molecule has 2 aromatic carbocycles. The van der Waals surface area contributed by atoms with E-state index < -0.39 is 12.1 Å². The molecule has 1 unspecified atom stereocenters. The SMILES string of the molecule is CC(Oc1ccc(C#N)cc1)C(=O)OCc1ccc2c(c1)OCO2. The molecule has 0 radical (unpaired) electrons. The molecule has 6 heteroatoms. The van der Waals surface area contributed by atoms with E-state index in [4.69, 9.17) is 24.2 Å². The first-order chi connectivity index (χ1) is 11.7. The van der Waals surface area contributed by atoms with Crippen LogP contribution in [0.1, 0.15) is 18.1 Å². The van der Waals surface area contributed by atoms with Gasteiger partial charge in [0.25, 0.3) is 0 Å². The Bertz CT molecular complexity index is 779. The molecule has 3 rings (SSSR count). The highest BCUT2D eigenvalue weighted by Crippen LogP contribution is 2.32. The summed E-state index contributed by atoms with van der Waals surface area (Å²) in [6, 6.07) is 13.9. The zero-order valence-electron chi connectivity index (χ0n) is 13.0. The molecule has 0 aliphatic carbocycles. The Morgan fingerprint density at radius 1 is 1.21 bits per heavy atom. The van der Waals surface area contributed by atoms with Crippen LogP contribution in [0.15, 0.2) is 42.5 Å². The summed E-state index contributed by atoms with van der Waals surface area (Å²) in [4.78, 5) is 12.0. The second-order valence-electron chi connectivity index (χ2n) is 5.19. The molecule has 1 heterocycles. The summed E-state index contributed by atoms with van der Waals surface area (Å²) < 4.78 is 21.3. The third-order valence-electron chi connectivity index (χ3n) is 3.45. The van der Waals surface area contributed by atoms with E-state index >= 15 is 0 Å². The van der Waals surface area contributed by atoms with E-state index in [2.05, 4.69) is 0 Å². The molecular weight excluding hydrogens is 310 g/mol. The zero-order valence-corrected chi connectivity index (χ0v) is 13.0. The Labute approximate surface area is 139 Å². The second-order valence-corrected chi connectivity index (χ2v) is 5.19. The summed E-state index contributed by atoms with van der Waals surface area (Å²) in [6.07, 6.45) is -0.757. The fourth-order valence-electron chi connectivity index (χ4n) is 2.16. The Morgan fingerprint density at radius 2 is 1.96 bits per heavy atom. The van der Waals surface area contributed by atoms with Crippen molar-refractivity contribution in [2.45, 2.75) is 19.6 Å². The van der Waals surface area contributed by atoms with Crippen molar-refractivity contribution < 1.29 is 23.7 Å². The standard InChI is InChI=1S/C18H15NO5/c1-12(24-15-5-2-13(9-19)3-6-15)18(20)21-10-14-4-7-16-17(8-14)23-11-22-16/h2-8,12H,10-11H2,1H3. The molecule has 0 fully saturated rings. The molecule has 0 amide bonds. The molecule has 1 atom stereocenters. The molecule has 0 bridgehead atoms. The van der Waals surface area contributed by atoms with Crippen LogP contribution in [0.25, 0.3) is 0 Å². The molecule has 122 valence electrons. The fourth-order valence-corrected chi connectivity index (χ4v) is 2.16. The van der Waals surface area contributed by atoms with Crippen molar-refractivity contribution in [1.82, 2.24) is 0 Å². The van der Waals surface area contributed by atoms with Crippen molar-refractivity contribution in [3.8, 4) is 23.3 Å². The quantitative estimate of drug-likeness (QED) is 0.787. The second kappa shape index (κ2) is 6.92. The van der Waals surface area contributed by atoms with Crippen LogP contribution < -0.4 is 14.2 Å². The number of nitrogens with zero attached hydrogens (tertiary/aromatic N) is 1. The largest absolute Gasteiger partial charge is 0.479 e. The molecule has 0 saturated heterocycles. The number of nitriles is 1. The van der Waals surface area contributed by atoms with Gasteiger partial charge in [-0.1, -0.05) is 6.07 Å². The third-order valence-corrected chi connectivity index (χ3v) is 3.45. The highest BCUT2D eigenvalue weighted by molar-refractivity contribution is 5.74. The minimum Gasteiger partial charge on any atom is -0.479 e. The summed E-state index contributed by atoms with van der Waals surface area (Å²) in [7, 11) is 0. The summed E-state index contributed by atoms with van der Waals surface area (Å²) in [5.41, 5.74) is 1.33. The third kappa shape index (κ3) is 3.58. The van der Waals surface area contributed by atoms with Crippen molar-refractivity contribution in [3.05, 3.63) is 53.6 Å². The average molecular weight is 325 g/mol. The molecule has 24 heavy (non-hydrogen) atoms. The number of rotatable bonds is 5. The van der Waals surface area contributed by atoms with E-state index in [1.54, 1.807) is 43.3 Å². The Balaban J connectivity index is 1.53. The van der Waals surface area contributed by atoms with Gasteiger partial charge in [0.05, 0.1) is 11.6 Å². The van der Waals surface area contributed by atoms with Crippen LogP contribution in [0.4, 0.5) is 0 Å². The van der Waals surface area contributed by atoms with Crippen LogP contribution in [-0.4, -0.2) is 18.9 Å². The van der Waals surface area contributed by atoms with Gasteiger partial charge in [-0.3, -0.25) is 0 Å². The van der Waals surface area contributed by atoms with Crippen molar-refractivity contribution in [2.75, 3.05) is 6.79 Å². The Hall–Kier alpha value is -3.20. The van der Waals surface area contributed by atoms with Crippen molar-refractivity contribution in [2.24, 2.45) is 0 Å². The monoisotopic (exact) mass is 325 g/mol. The van der Waals surface area contributed by atoms with Gasteiger partial charge in [0.1, 0.15) is 12.4 Å². The molecule has 0 aromatic heterocycles. The van der Waals surface area contributed by atoms with Crippen molar-refractivity contribution in [1.29, 1.82) is 5.26 Å². The Kier molecular flexibility index (Phi) is 4.52. The first-order valence-corrected chi connectivity index (χ1v) is 7.37. The average Bonchev–Trinajstić information content (AvgIpc) is 3.08. The predicted molar refractivity (Wildman–Crippen MR) is 83.6 cm³/mol. The van der Waals surface area contributed by atoms with Crippen LogP contribution in [0.3, 0.4) is 0 Å². The zero-order chi connectivity index (χ0) is 16.9. The summed E-state index contributed by atoms with van der Waals surface area (Å²) >= 11 is 0. The molecule has 0 N–H and O–H groups in total. The number of fused-ring (bicyclic) bond motifs is 1. The van der Waals surface area contributed by atoms with Crippen LogP contribution in [0, 0.1) is 11.3 Å². The highest BCUT2D eigenvalue weighted by atomic mass is 16.7. The van der Waals surface area contributed by atoms with Gasteiger partial charge in [-0.15, -0.1) is 0 Å².